The Morgan fingerprint density at radius 3 is 2.45 bits per heavy atom. The summed E-state index contributed by atoms with van der Waals surface area (Å²) in [4.78, 5) is 15.2. The summed E-state index contributed by atoms with van der Waals surface area (Å²) in [5, 5.41) is 0. The van der Waals surface area contributed by atoms with Crippen LogP contribution in [0.4, 0.5) is 4.39 Å². The van der Waals surface area contributed by atoms with E-state index in [4.69, 9.17) is 4.74 Å². The van der Waals surface area contributed by atoms with E-state index in [-0.39, 0.29) is 24.4 Å². The number of carbonyl (C=O) groups is 1. The van der Waals surface area contributed by atoms with Gasteiger partial charge in [0.2, 0.25) is 0 Å². The van der Waals surface area contributed by atoms with Gasteiger partial charge in [-0.25, -0.2) is 4.39 Å². The van der Waals surface area contributed by atoms with E-state index in [0.717, 1.165) is 36.9 Å². The van der Waals surface area contributed by atoms with Crippen LogP contribution in [-0.2, 0) is 17.9 Å². The van der Waals surface area contributed by atoms with Gasteiger partial charge >= 0.3 is 0 Å². The van der Waals surface area contributed by atoms with Crippen LogP contribution in [0.25, 0.3) is 0 Å². The topological polar surface area (TPSA) is 34.5 Å². The van der Waals surface area contributed by atoms with Gasteiger partial charge in [-0.05, 0) is 54.8 Å². The molecule has 4 rings (SSSR count). The SMILES string of the molecule is O=C(COc1ccccc1)N(Cc1cccn1Cc1ccc(F)cc1)C1CCCCC1. The van der Waals surface area contributed by atoms with E-state index in [1.165, 1.54) is 18.6 Å². The van der Waals surface area contributed by atoms with Crippen molar-refractivity contribution in [3.05, 3.63) is 90.0 Å². The molecule has 0 radical (unpaired) electrons. The summed E-state index contributed by atoms with van der Waals surface area (Å²) in [7, 11) is 0. The number of nitrogens with zero attached hydrogens (tertiary/aromatic N) is 2. The minimum Gasteiger partial charge on any atom is -0.484 e. The molecule has 0 atom stereocenters. The fourth-order valence-electron chi connectivity index (χ4n) is 4.27. The smallest absolute Gasteiger partial charge is 0.261 e. The predicted octanol–water partition coefficient (Wildman–Crippen LogP) is 5.42. The number of aromatic nitrogens is 1. The Morgan fingerprint density at radius 1 is 0.968 bits per heavy atom. The van der Waals surface area contributed by atoms with E-state index in [9.17, 15) is 9.18 Å². The number of hydrogen-bond donors (Lipinski definition) is 0. The molecule has 1 heterocycles. The number of amides is 1. The lowest BCUT2D eigenvalue weighted by Gasteiger charge is -2.34. The molecule has 0 unspecified atom stereocenters. The molecule has 3 aromatic rings. The van der Waals surface area contributed by atoms with E-state index in [2.05, 4.69) is 10.6 Å². The summed E-state index contributed by atoms with van der Waals surface area (Å²) in [6.07, 6.45) is 7.64. The Hall–Kier alpha value is -3.08. The van der Waals surface area contributed by atoms with Crippen molar-refractivity contribution in [1.82, 2.24) is 9.47 Å². The van der Waals surface area contributed by atoms with Crippen molar-refractivity contribution < 1.29 is 13.9 Å². The average Bonchev–Trinajstić information content (AvgIpc) is 3.25. The maximum absolute atomic E-state index is 13.2. The molecule has 1 aromatic heterocycles. The molecule has 1 aliphatic rings. The van der Waals surface area contributed by atoms with E-state index in [1.54, 1.807) is 12.1 Å². The first kappa shape index (κ1) is 21.2. The molecule has 31 heavy (non-hydrogen) atoms. The first-order chi connectivity index (χ1) is 15.2. The molecule has 0 aliphatic heterocycles. The minimum absolute atomic E-state index is 0.0188. The first-order valence-corrected chi connectivity index (χ1v) is 11.0. The summed E-state index contributed by atoms with van der Waals surface area (Å²) < 4.78 is 21.1. The van der Waals surface area contributed by atoms with E-state index in [1.807, 2.05) is 47.5 Å². The summed E-state index contributed by atoms with van der Waals surface area (Å²) in [5.41, 5.74) is 2.10. The molecule has 2 aromatic carbocycles. The number of hydrogen-bond acceptors (Lipinski definition) is 2. The molecule has 0 bridgehead atoms. The van der Waals surface area contributed by atoms with Crippen molar-refractivity contribution >= 4 is 5.91 Å². The number of benzene rings is 2. The highest BCUT2D eigenvalue weighted by Gasteiger charge is 2.26. The highest BCUT2D eigenvalue weighted by Crippen LogP contribution is 2.25. The summed E-state index contributed by atoms with van der Waals surface area (Å²) >= 11 is 0. The van der Waals surface area contributed by atoms with Gasteiger partial charge in [0.15, 0.2) is 6.61 Å². The Bertz CT molecular complexity index is 963. The molecule has 0 spiro atoms. The van der Waals surface area contributed by atoms with Crippen molar-refractivity contribution in [1.29, 1.82) is 0 Å². The molecule has 0 saturated heterocycles. The maximum atomic E-state index is 13.2. The highest BCUT2D eigenvalue weighted by molar-refractivity contribution is 5.78. The molecule has 4 nitrogen and oxygen atoms in total. The Kier molecular flexibility index (Phi) is 7.03. The summed E-state index contributed by atoms with van der Waals surface area (Å²) in [6.45, 7) is 1.24. The standard InChI is InChI=1S/C26H29FN2O2/c27-22-15-13-21(14-16-22)18-28-17-7-10-24(28)19-29(23-8-3-1-4-9-23)26(30)20-31-25-11-5-2-6-12-25/h2,5-7,10-17,23H,1,3-4,8-9,18-20H2. The van der Waals surface area contributed by atoms with Crippen LogP contribution < -0.4 is 4.74 Å². The minimum atomic E-state index is -0.232. The van der Waals surface area contributed by atoms with Crippen LogP contribution in [0.1, 0.15) is 43.4 Å². The second-order valence-corrected chi connectivity index (χ2v) is 8.17. The van der Waals surface area contributed by atoms with Gasteiger partial charge in [0.05, 0.1) is 6.54 Å². The molecular formula is C26H29FN2O2. The average molecular weight is 421 g/mol. The number of carbonyl (C=O) groups excluding carboxylic acids is 1. The Labute approximate surface area is 183 Å². The van der Waals surface area contributed by atoms with Crippen molar-refractivity contribution in [3.63, 3.8) is 0 Å². The molecule has 1 saturated carbocycles. The summed E-state index contributed by atoms with van der Waals surface area (Å²) in [6, 6.07) is 20.4. The second kappa shape index (κ2) is 10.3. The van der Waals surface area contributed by atoms with Crippen molar-refractivity contribution in [2.24, 2.45) is 0 Å². The van der Waals surface area contributed by atoms with Crippen LogP contribution >= 0.6 is 0 Å². The Balaban J connectivity index is 1.47. The Morgan fingerprint density at radius 2 is 1.71 bits per heavy atom. The number of ether oxygens (including phenoxy) is 1. The molecule has 1 fully saturated rings. The van der Waals surface area contributed by atoms with Crippen LogP contribution in [-0.4, -0.2) is 28.0 Å². The lowest BCUT2D eigenvalue weighted by molar-refractivity contribution is -0.137. The van der Waals surface area contributed by atoms with Gasteiger partial charge in [-0.15, -0.1) is 0 Å². The van der Waals surface area contributed by atoms with Gasteiger partial charge in [-0.3, -0.25) is 4.79 Å². The third kappa shape index (κ3) is 5.75. The first-order valence-electron chi connectivity index (χ1n) is 11.0. The lowest BCUT2D eigenvalue weighted by atomic mass is 9.94. The van der Waals surface area contributed by atoms with Gasteiger partial charge in [-0.1, -0.05) is 49.6 Å². The molecule has 1 aliphatic carbocycles. The van der Waals surface area contributed by atoms with Crippen molar-refractivity contribution in [3.8, 4) is 5.75 Å². The van der Waals surface area contributed by atoms with Crippen LogP contribution in [0.2, 0.25) is 0 Å². The zero-order valence-corrected chi connectivity index (χ0v) is 17.8. The van der Waals surface area contributed by atoms with Gasteiger partial charge in [0.1, 0.15) is 11.6 Å². The second-order valence-electron chi connectivity index (χ2n) is 8.17. The normalized spacial score (nSPS) is 14.4. The molecule has 1 amide bonds. The van der Waals surface area contributed by atoms with Gasteiger partial charge in [0, 0.05) is 24.5 Å². The van der Waals surface area contributed by atoms with Crippen LogP contribution in [0, 0.1) is 5.82 Å². The lowest BCUT2D eigenvalue weighted by Crippen LogP contribution is -2.43. The number of halogens is 1. The van der Waals surface area contributed by atoms with Crippen LogP contribution in [0.15, 0.2) is 72.9 Å². The van der Waals surface area contributed by atoms with Crippen molar-refractivity contribution in [2.45, 2.75) is 51.2 Å². The zero-order chi connectivity index (χ0) is 21.5. The highest BCUT2D eigenvalue weighted by atomic mass is 19.1. The van der Waals surface area contributed by atoms with E-state index < -0.39 is 0 Å². The van der Waals surface area contributed by atoms with Gasteiger partial charge < -0.3 is 14.2 Å². The van der Waals surface area contributed by atoms with Gasteiger partial charge in [0.25, 0.3) is 5.91 Å². The fraction of sp³-hybridized carbons (Fsp3) is 0.346. The molecular weight excluding hydrogens is 391 g/mol. The number of rotatable bonds is 8. The molecule has 162 valence electrons. The predicted molar refractivity (Wildman–Crippen MR) is 119 cm³/mol. The monoisotopic (exact) mass is 420 g/mol. The third-order valence-electron chi connectivity index (χ3n) is 5.96. The van der Waals surface area contributed by atoms with E-state index in [0.29, 0.717) is 18.8 Å². The van der Waals surface area contributed by atoms with E-state index >= 15 is 0 Å². The third-order valence-corrected chi connectivity index (χ3v) is 5.96. The maximum Gasteiger partial charge on any atom is 0.261 e. The van der Waals surface area contributed by atoms with Crippen LogP contribution in [0.5, 0.6) is 5.75 Å². The molecule has 0 N–H and O–H groups in total. The zero-order valence-electron chi connectivity index (χ0n) is 17.8. The number of para-hydroxylation sites is 1. The largest absolute Gasteiger partial charge is 0.484 e. The molecule has 5 heteroatoms. The van der Waals surface area contributed by atoms with Crippen molar-refractivity contribution in [2.75, 3.05) is 6.61 Å². The van der Waals surface area contributed by atoms with Gasteiger partial charge in [-0.2, -0.15) is 0 Å². The quantitative estimate of drug-likeness (QED) is 0.488. The fourth-order valence-corrected chi connectivity index (χ4v) is 4.27. The van der Waals surface area contributed by atoms with Crippen LogP contribution in [0.3, 0.4) is 0 Å². The summed E-state index contributed by atoms with van der Waals surface area (Å²) in [5.74, 6) is 0.494.